The molecule has 2 N–H and O–H groups in total. The number of carboxylic acid groups (broad SMARTS) is 2. The summed E-state index contributed by atoms with van der Waals surface area (Å²) in [6.45, 7) is 3.91. The van der Waals surface area contributed by atoms with Crippen molar-refractivity contribution in [1.29, 1.82) is 0 Å². The summed E-state index contributed by atoms with van der Waals surface area (Å²) < 4.78 is 34.7. The molecule has 58 heavy (non-hydrogen) atoms. The number of esters is 2. The van der Waals surface area contributed by atoms with Gasteiger partial charge < -0.3 is 81.6 Å². The van der Waals surface area contributed by atoms with E-state index in [1.165, 1.54) is 42.3 Å². The highest BCUT2D eigenvalue weighted by Gasteiger charge is 2.64. The van der Waals surface area contributed by atoms with Crippen LogP contribution in [0, 0.1) is 17.3 Å². The first-order chi connectivity index (χ1) is 26.5. The molecule has 0 saturated carbocycles. The zero-order chi connectivity index (χ0) is 40.7. The van der Waals surface area contributed by atoms with Crippen molar-refractivity contribution in [2.75, 3.05) is 42.5 Å². The van der Waals surface area contributed by atoms with E-state index in [0.29, 0.717) is 70.7 Å². The summed E-state index contributed by atoms with van der Waals surface area (Å²) in [6.07, 6.45) is 5.79. The zero-order valence-corrected chi connectivity index (χ0v) is 37.9. The predicted octanol–water partition coefficient (Wildman–Crippen LogP) is -0.399. The van der Waals surface area contributed by atoms with E-state index in [2.05, 4.69) is 14.1 Å². The van der Waals surface area contributed by atoms with Gasteiger partial charge in [-0.3, -0.25) is 19.2 Å². The van der Waals surface area contributed by atoms with E-state index in [4.69, 9.17) is 28.4 Å². The number of fused-ring (bicyclic) bond motifs is 4. The van der Waals surface area contributed by atoms with E-state index in [9.17, 15) is 29.4 Å². The van der Waals surface area contributed by atoms with Crippen LogP contribution in [-0.2, 0) is 32.3 Å². The van der Waals surface area contributed by atoms with Gasteiger partial charge in [-0.25, -0.2) is 0 Å². The van der Waals surface area contributed by atoms with Crippen LogP contribution in [0.2, 0.25) is 0 Å². The highest BCUT2D eigenvalue weighted by Crippen LogP contribution is 2.59. The lowest BCUT2D eigenvalue weighted by molar-refractivity contribution is -0.963. The average Bonchev–Trinajstić information content (AvgIpc) is 3.37. The lowest BCUT2D eigenvalue weighted by Gasteiger charge is -2.55. The van der Waals surface area contributed by atoms with Crippen LogP contribution in [0.1, 0.15) is 82.8 Å². The fourth-order valence-corrected chi connectivity index (χ4v) is 11.5. The van der Waals surface area contributed by atoms with Crippen molar-refractivity contribution in [2.45, 2.75) is 109 Å². The Balaban J connectivity index is 0.00000372. The second-order valence-corrected chi connectivity index (χ2v) is 16.9. The third kappa shape index (κ3) is 8.53. The lowest BCUT2D eigenvalue weighted by Crippen LogP contribution is -3.00. The smallest absolute Gasteiger partial charge is 0.310 e. The normalized spacial score (nSPS) is 29.1. The van der Waals surface area contributed by atoms with Crippen molar-refractivity contribution >= 4 is 23.9 Å². The van der Waals surface area contributed by atoms with Crippen LogP contribution in [0.3, 0.4) is 0 Å². The maximum absolute atomic E-state index is 13.8. The van der Waals surface area contributed by atoms with Gasteiger partial charge in [0.05, 0.1) is 78.5 Å². The van der Waals surface area contributed by atoms with E-state index >= 15 is 0 Å². The fourth-order valence-electron chi connectivity index (χ4n) is 11.5. The number of halogens is 2. The standard InChI is InChI=1S/C42H56N2O12.2BrH/c1-24(45)55-39-34(51-5)13-26(14-35(39)52-6)22-43(3)30-9-10-31(43)18-28(17-30)42(41(49)50,21-38(47)48)29-19-32-11-12-33(20-29)44(32,4)23-27-15-36(53-7)40(56-25(2)46)37(16-27)54-8;;/h13-16,28-33H,9-12,17-23H2,1-8H3;2*1H. The van der Waals surface area contributed by atoms with Gasteiger partial charge in [0.25, 0.3) is 0 Å². The molecule has 0 aromatic heterocycles. The summed E-state index contributed by atoms with van der Waals surface area (Å²) in [4.78, 5) is 50.2. The molecular weight excluding hydrogens is 884 g/mol. The van der Waals surface area contributed by atoms with Crippen molar-refractivity contribution < 1.29 is 101 Å². The molecule has 0 spiro atoms. The molecule has 4 unspecified atom stereocenters. The summed E-state index contributed by atoms with van der Waals surface area (Å²) >= 11 is 0. The Kier molecular flexibility index (Phi) is 14.9. The third-order valence-corrected chi connectivity index (χ3v) is 14.1. The molecule has 0 aliphatic carbocycles. The molecule has 4 atom stereocenters. The van der Waals surface area contributed by atoms with Gasteiger partial charge in [-0.2, -0.15) is 0 Å². The van der Waals surface area contributed by atoms with E-state index in [0.717, 1.165) is 36.8 Å². The van der Waals surface area contributed by atoms with Gasteiger partial charge in [0.1, 0.15) is 13.1 Å². The number of ether oxygens (including phenoxy) is 6. The maximum Gasteiger partial charge on any atom is 0.310 e. The number of nitrogens with zero attached hydrogens (tertiary/aromatic N) is 2. The minimum atomic E-state index is -1.40. The Labute approximate surface area is 361 Å². The van der Waals surface area contributed by atoms with Crippen LogP contribution in [0.25, 0.3) is 0 Å². The molecular formula is C42H58Br2N2O12. The lowest BCUT2D eigenvalue weighted by atomic mass is 9.57. The molecule has 4 heterocycles. The van der Waals surface area contributed by atoms with Gasteiger partial charge in [-0.15, -0.1) is 0 Å². The van der Waals surface area contributed by atoms with Crippen LogP contribution in [0.5, 0.6) is 34.5 Å². The van der Waals surface area contributed by atoms with Crippen LogP contribution >= 0.6 is 0 Å². The molecule has 16 heteroatoms. The quantitative estimate of drug-likeness (QED) is 0.135. The molecule has 0 radical (unpaired) electrons. The Hall–Kier alpha value is -3.60. The molecule has 4 aliphatic heterocycles. The largest absolute Gasteiger partial charge is 1.00 e. The number of hydrogen-bond acceptors (Lipinski definition) is 10. The molecule has 4 saturated heterocycles. The molecule has 4 aliphatic rings. The minimum Gasteiger partial charge on any atom is -1.00 e. The number of carbonyl (C=O) groups is 4. The van der Waals surface area contributed by atoms with Gasteiger partial charge >= 0.3 is 23.9 Å². The molecule has 322 valence electrons. The number of aliphatic carboxylic acids is 2. The average molecular weight is 943 g/mol. The maximum atomic E-state index is 13.8. The molecule has 2 aromatic rings. The number of rotatable bonds is 15. The number of carboxylic acids is 2. The molecule has 14 nitrogen and oxygen atoms in total. The van der Waals surface area contributed by atoms with Crippen LogP contribution in [-0.4, -0.2) is 110 Å². The first-order valence-electron chi connectivity index (χ1n) is 19.5. The second-order valence-electron chi connectivity index (χ2n) is 16.9. The number of piperidine rings is 2. The number of carbonyl (C=O) groups excluding carboxylic acids is 2. The SMILES string of the molecule is COc1cc(C[N+]2(C)C3CCC2CC(C(CC(=O)O)(C(=O)O)C2CC4CCC(C2)[N+]4(C)Cc2cc(OC)c(OC(C)=O)c(OC)c2)C3)cc(OC)c1OC(C)=O.[Br-].[Br-]. The highest BCUT2D eigenvalue weighted by molar-refractivity contribution is 5.82. The summed E-state index contributed by atoms with van der Waals surface area (Å²) in [7, 11) is 10.5. The summed E-state index contributed by atoms with van der Waals surface area (Å²) in [6, 6.07) is 8.03. The Morgan fingerprint density at radius 1 is 0.603 bits per heavy atom. The van der Waals surface area contributed by atoms with Crippen LogP contribution in [0.15, 0.2) is 24.3 Å². The summed E-state index contributed by atoms with van der Waals surface area (Å²) in [5.74, 6) is -1.60. The van der Waals surface area contributed by atoms with Gasteiger partial charge in [-0.05, 0) is 36.1 Å². The molecule has 4 fully saturated rings. The van der Waals surface area contributed by atoms with Crippen molar-refractivity contribution in [3.05, 3.63) is 35.4 Å². The summed E-state index contributed by atoms with van der Waals surface area (Å²) in [5.41, 5.74) is 0.486. The molecule has 2 aromatic carbocycles. The summed E-state index contributed by atoms with van der Waals surface area (Å²) in [5, 5.41) is 21.7. The topological polar surface area (TPSA) is 164 Å². The van der Waals surface area contributed by atoms with Gasteiger partial charge in [-0.1, -0.05) is 0 Å². The number of benzene rings is 2. The van der Waals surface area contributed by atoms with Crippen LogP contribution in [0.4, 0.5) is 0 Å². The minimum absolute atomic E-state index is 0. The molecule has 6 rings (SSSR count). The van der Waals surface area contributed by atoms with Crippen molar-refractivity contribution in [3.8, 4) is 34.5 Å². The van der Waals surface area contributed by atoms with E-state index in [1.807, 2.05) is 24.3 Å². The van der Waals surface area contributed by atoms with Crippen molar-refractivity contribution in [1.82, 2.24) is 0 Å². The number of quaternary nitrogens is 2. The first kappa shape index (κ1) is 47.1. The van der Waals surface area contributed by atoms with Gasteiger partial charge in [0.2, 0.25) is 11.5 Å². The van der Waals surface area contributed by atoms with E-state index in [-0.39, 0.29) is 81.5 Å². The van der Waals surface area contributed by atoms with Gasteiger partial charge in [0.15, 0.2) is 23.0 Å². The fraction of sp³-hybridized carbons (Fsp3) is 0.619. The third-order valence-electron chi connectivity index (χ3n) is 14.1. The molecule has 0 amide bonds. The Morgan fingerprint density at radius 3 is 1.12 bits per heavy atom. The Bertz CT molecular complexity index is 1680. The van der Waals surface area contributed by atoms with E-state index in [1.54, 1.807) is 0 Å². The van der Waals surface area contributed by atoms with Crippen molar-refractivity contribution in [3.63, 3.8) is 0 Å². The second kappa shape index (κ2) is 18.3. The Morgan fingerprint density at radius 2 is 0.897 bits per heavy atom. The monoisotopic (exact) mass is 940 g/mol. The highest BCUT2D eigenvalue weighted by atomic mass is 79.9. The predicted molar refractivity (Wildman–Crippen MR) is 203 cm³/mol. The molecule has 4 bridgehead atoms. The number of methoxy groups -OCH3 is 4. The zero-order valence-electron chi connectivity index (χ0n) is 34.7. The number of hydrogen-bond donors (Lipinski definition) is 2. The van der Waals surface area contributed by atoms with Crippen molar-refractivity contribution in [2.24, 2.45) is 17.3 Å². The van der Waals surface area contributed by atoms with Crippen LogP contribution < -0.4 is 62.4 Å². The first-order valence-corrected chi connectivity index (χ1v) is 19.5. The van der Waals surface area contributed by atoms with E-state index < -0.39 is 35.7 Å². The van der Waals surface area contributed by atoms with Gasteiger partial charge in [0, 0.05) is 76.3 Å².